The standard InChI is InChI=1S/C14H16FN3/c1-14(2,3)10-6-4-9(5-7-10)12-11(15)8-17-13(16)18-12/h4-8H,1-3H3,(H2,16,17,18). The number of aromatic nitrogens is 2. The maximum absolute atomic E-state index is 13.6. The summed E-state index contributed by atoms with van der Waals surface area (Å²) in [4.78, 5) is 7.54. The third kappa shape index (κ3) is 2.47. The lowest BCUT2D eigenvalue weighted by atomic mass is 9.86. The summed E-state index contributed by atoms with van der Waals surface area (Å²) in [6.07, 6.45) is 1.09. The molecule has 2 rings (SSSR count). The van der Waals surface area contributed by atoms with Gasteiger partial charge in [0.15, 0.2) is 5.82 Å². The van der Waals surface area contributed by atoms with Gasteiger partial charge in [-0.15, -0.1) is 0 Å². The second-order valence-electron chi connectivity index (χ2n) is 5.25. The number of halogens is 1. The Bertz CT molecular complexity index is 556. The highest BCUT2D eigenvalue weighted by molar-refractivity contribution is 5.61. The molecule has 0 bridgehead atoms. The van der Waals surface area contributed by atoms with E-state index in [-0.39, 0.29) is 17.1 Å². The normalized spacial score (nSPS) is 11.6. The van der Waals surface area contributed by atoms with E-state index in [0.29, 0.717) is 5.56 Å². The predicted molar refractivity (Wildman–Crippen MR) is 70.5 cm³/mol. The molecule has 2 aromatic rings. The van der Waals surface area contributed by atoms with Crippen molar-refractivity contribution in [1.82, 2.24) is 9.97 Å². The minimum absolute atomic E-state index is 0.0712. The Morgan fingerprint density at radius 3 is 2.28 bits per heavy atom. The lowest BCUT2D eigenvalue weighted by Gasteiger charge is -2.19. The summed E-state index contributed by atoms with van der Waals surface area (Å²) in [5.41, 5.74) is 7.68. The predicted octanol–water partition coefficient (Wildman–Crippen LogP) is 3.16. The molecular weight excluding hydrogens is 229 g/mol. The van der Waals surface area contributed by atoms with E-state index in [4.69, 9.17) is 5.73 Å². The third-order valence-corrected chi connectivity index (χ3v) is 2.79. The fourth-order valence-corrected chi connectivity index (χ4v) is 1.71. The minimum Gasteiger partial charge on any atom is -0.368 e. The van der Waals surface area contributed by atoms with Gasteiger partial charge in [0.1, 0.15) is 5.69 Å². The Hall–Kier alpha value is -1.97. The fourth-order valence-electron chi connectivity index (χ4n) is 1.71. The first kappa shape index (κ1) is 12.5. The van der Waals surface area contributed by atoms with E-state index >= 15 is 0 Å². The Morgan fingerprint density at radius 1 is 1.11 bits per heavy atom. The minimum atomic E-state index is -0.465. The van der Waals surface area contributed by atoms with Gasteiger partial charge in [-0.3, -0.25) is 0 Å². The monoisotopic (exact) mass is 245 g/mol. The van der Waals surface area contributed by atoms with Crippen LogP contribution < -0.4 is 5.73 Å². The van der Waals surface area contributed by atoms with Crippen LogP contribution in [0.1, 0.15) is 26.3 Å². The van der Waals surface area contributed by atoms with Crippen molar-refractivity contribution in [3.63, 3.8) is 0 Å². The van der Waals surface area contributed by atoms with Crippen LogP contribution >= 0.6 is 0 Å². The lowest BCUT2D eigenvalue weighted by Crippen LogP contribution is -2.10. The van der Waals surface area contributed by atoms with Crippen LogP contribution in [0.4, 0.5) is 10.3 Å². The number of nitrogens with two attached hydrogens (primary N) is 1. The summed E-state index contributed by atoms with van der Waals surface area (Å²) >= 11 is 0. The highest BCUT2D eigenvalue weighted by Gasteiger charge is 2.14. The zero-order valence-electron chi connectivity index (χ0n) is 10.7. The van der Waals surface area contributed by atoms with E-state index in [9.17, 15) is 4.39 Å². The lowest BCUT2D eigenvalue weighted by molar-refractivity contribution is 0.590. The molecule has 0 radical (unpaired) electrons. The number of nitrogen functional groups attached to an aromatic ring is 1. The summed E-state index contributed by atoms with van der Waals surface area (Å²) in [5, 5.41) is 0. The molecule has 18 heavy (non-hydrogen) atoms. The molecule has 4 heteroatoms. The molecule has 1 aromatic carbocycles. The fraction of sp³-hybridized carbons (Fsp3) is 0.286. The summed E-state index contributed by atoms with van der Waals surface area (Å²) in [5.74, 6) is -0.390. The summed E-state index contributed by atoms with van der Waals surface area (Å²) in [6, 6.07) is 7.66. The summed E-state index contributed by atoms with van der Waals surface area (Å²) < 4.78 is 13.6. The first-order valence-corrected chi connectivity index (χ1v) is 5.77. The molecule has 0 saturated carbocycles. The molecule has 0 atom stereocenters. The Kier molecular flexibility index (Phi) is 3.03. The molecule has 1 heterocycles. The highest BCUT2D eigenvalue weighted by atomic mass is 19.1. The number of hydrogen-bond acceptors (Lipinski definition) is 3. The molecule has 0 aliphatic heterocycles. The topological polar surface area (TPSA) is 51.8 Å². The molecule has 3 nitrogen and oxygen atoms in total. The molecule has 2 N–H and O–H groups in total. The van der Waals surface area contributed by atoms with E-state index < -0.39 is 5.82 Å². The van der Waals surface area contributed by atoms with Crippen LogP contribution in [0.15, 0.2) is 30.5 Å². The number of hydrogen-bond donors (Lipinski definition) is 1. The number of nitrogens with zero attached hydrogens (tertiary/aromatic N) is 2. The second kappa shape index (κ2) is 4.37. The SMILES string of the molecule is CC(C)(C)c1ccc(-c2nc(N)ncc2F)cc1. The zero-order valence-corrected chi connectivity index (χ0v) is 10.7. The van der Waals surface area contributed by atoms with Crippen LogP contribution in [0.25, 0.3) is 11.3 Å². The van der Waals surface area contributed by atoms with E-state index in [1.807, 2.05) is 24.3 Å². The van der Waals surface area contributed by atoms with Gasteiger partial charge in [0.25, 0.3) is 0 Å². The van der Waals surface area contributed by atoms with Gasteiger partial charge in [-0.05, 0) is 11.0 Å². The van der Waals surface area contributed by atoms with Crippen molar-refractivity contribution < 1.29 is 4.39 Å². The maximum Gasteiger partial charge on any atom is 0.220 e. The largest absolute Gasteiger partial charge is 0.368 e. The first-order valence-electron chi connectivity index (χ1n) is 5.77. The quantitative estimate of drug-likeness (QED) is 0.839. The molecule has 0 spiro atoms. The van der Waals surface area contributed by atoms with Crippen molar-refractivity contribution in [1.29, 1.82) is 0 Å². The van der Waals surface area contributed by atoms with Crippen LogP contribution in [-0.2, 0) is 5.41 Å². The molecule has 1 aromatic heterocycles. The average molecular weight is 245 g/mol. The van der Waals surface area contributed by atoms with E-state index in [2.05, 4.69) is 30.7 Å². The number of anilines is 1. The van der Waals surface area contributed by atoms with Gasteiger partial charge < -0.3 is 5.73 Å². The Labute approximate surface area is 106 Å². The molecule has 0 fully saturated rings. The van der Waals surface area contributed by atoms with Crippen molar-refractivity contribution in [3.05, 3.63) is 41.8 Å². The molecule has 0 aliphatic rings. The highest BCUT2D eigenvalue weighted by Crippen LogP contribution is 2.26. The van der Waals surface area contributed by atoms with Crippen molar-refractivity contribution in [2.24, 2.45) is 0 Å². The summed E-state index contributed by atoms with van der Waals surface area (Å²) in [6.45, 7) is 6.39. The van der Waals surface area contributed by atoms with Crippen molar-refractivity contribution in [2.45, 2.75) is 26.2 Å². The number of rotatable bonds is 1. The third-order valence-electron chi connectivity index (χ3n) is 2.79. The van der Waals surface area contributed by atoms with Gasteiger partial charge in [-0.2, -0.15) is 0 Å². The van der Waals surface area contributed by atoms with Gasteiger partial charge in [0.05, 0.1) is 6.20 Å². The van der Waals surface area contributed by atoms with Crippen LogP contribution in [0.2, 0.25) is 0 Å². The van der Waals surface area contributed by atoms with Crippen molar-refractivity contribution >= 4 is 5.95 Å². The molecule has 0 amide bonds. The molecule has 0 aliphatic carbocycles. The van der Waals surface area contributed by atoms with Gasteiger partial charge >= 0.3 is 0 Å². The van der Waals surface area contributed by atoms with Crippen LogP contribution in [-0.4, -0.2) is 9.97 Å². The van der Waals surface area contributed by atoms with Crippen molar-refractivity contribution in [2.75, 3.05) is 5.73 Å². The summed E-state index contributed by atoms with van der Waals surface area (Å²) in [7, 11) is 0. The zero-order chi connectivity index (χ0) is 13.3. The molecular formula is C14H16FN3. The van der Waals surface area contributed by atoms with Crippen LogP contribution in [0, 0.1) is 5.82 Å². The number of benzene rings is 1. The van der Waals surface area contributed by atoms with E-state index in [0.717, 1.165) is 6.20 Å². The van der Waals surface area contributed by atoms with Gasteiger partial charge in [0, 0.05) is 5.56 Å². The Morgan fingerprint density at radius 2 is 1.72 bits per heavy atom. The van der Waals surface area contributed by atoms with E-state index in [1.54, 1.807) is 0 Å². The maximum atomic E-state index is 13.6. The molecule has 0 saturated heterocycles. The average Bonchev–Trinajstić information content (AvgIpc) is 2.31. The van der Waals surface area contributed by atoms with E-state index in [1.165, 1.54) is 5.56 Å². The molecule has 0 unspecified atom stereocenters. The first-order chi connectivity index (χ1) is 8.38. The second-order valence-corrected chi connectivity index (χ2v) is 5.25. The van der Waals surface area contributed by atoms with Gasteiger partial charge in [-0.1, -0.05) is 45.0 Å². The van der Waals surface area contributed by atoms with Gasteiger partial charge in [-0.25, -0.2) is 14.4 Å². The Balaban J connectivity index is 2.43. The molecule has 94 valence electrons. The van der Waals surface area contributed by atoms with Crippen molar-refractivity contribution in [3.8, 4) is 11.3 Å². The van der Waals surface area contributed by atoms with Crippen LogP contribution in [0.3, 0.4) is 0 Å². The smallest absolute Gasteiger partial charge is 0.220 e. The van der Waals surface area contributed by atoms with Gasteiger partial charge in [0.2, 0.25) is 5.95 Å². The van der Waals surface area contributed by atoms with Crippen LogP contribution in [0.5, 0.6) is 0 Å².